The van der Waals surface area contributed by atoms with Crippen molar-refractivity contribution in [1.29, 1.82) is 0 Å². The minimum atomic E-state index is -1.13. The number of carbonyl (C=O) groups excluding carboxylic acids is 3. The van der Waals surface area contributed by atoms with Crippen molar-refractivity contribution in [2.45, 2.75) is 199 Å². The second kappa shape index (κ2) is 39.1. The summed E-state index contributed by atoms with van der Waals surface area (Å²) in [6, 6.07) is -0.730. The first-order valence-electron chi connectivity index (χ1n) is 22.7. The van der Waals surface area contributed by atoms with Gasteiger partial charge < -0.3 is 28.6 Å². The van der Waals surface area contributed by atoms with Crippen LogP contribution in [-0.4, -0.2) is 75.5 Å². The molecule has 0 N–H and O–H groups in total. The Morgan fingerprint density at radius 3 is 1.50 bits per heavy atom. The molecule has 2 atom stereocenters. The minimum absolute atomic E-state index is 0.0322. The van der Waals surface area contributed by atoms with E-state index in [0.717, 1.165) is 83.5 Å². The van der Waals surface area contributed by atoms with Crippen molar-refractivity contribution >= 4 is 17.9 Å². The van der Waals surface area contributed by atoms with Crippen molar-refractivity contribution in [2.24, 2.45) is 0 Å². The highest BCUT2D eigenvalue weighted by Crippen LogP contribution is 2.14. The summed E-state index contributed by atoms with van der Waals surface area (Å²) >= 11 is 0. The van der Waals surface area contributed by atoms with Gasteiger partial charge in [0, 0.05) is 19.3 Å². The molecule has 0 spiro atoms. The van der Waals surface area contributed by atoms with E-state index in [-0.39, 0.29) is 42.7 Å². The molecule has 0 bridgehead atoms. The van der Waals surface area contributed by atoms with Crippen molar-refractivity contribution in [3.05, 3.63) is 48.6 Å². The summed E-state index contributed by atoms with van der Waals surface area (Å²) < 4.78 is 17.2. The number of carboxylic acid groups (broad SMARTS) is 1. The number of nitrogens with zero attached hydrogens (tertiary/aromatic N) is 1. The molecule has 0 aromatic carbocycles. The molecule has 324 valence electrons. The summed E-state index contributed by atoms with van der Waals surface area (Å²) in [5, 5.41) is 11.6. The minimum Gasteiger partial charge on any atom is -0.544 e. The Balaban J connectivity index is 4.36. The van der Waals surface area contributed by atoms with E-state index >= 15 is 0 Å². The summed E-state index contributed by atoms with van der Waals surface area (Å²) in [6.45, 7) is 4.53. The van der Waals surface area contributed by atoms with Crippen LogP contribution in [0.2, 0.25) is 0 Å². The first kappa shape index (κ1) is 53.3. The summed E-state index contributed by atoms with van der Waals surface area (Å²) in [4.78, 5) is 36.9. The molecule has 0 saturated heterocycles. The van der Waals surface area contributed by atoms with E-state index in [1.165, 1.54) is 70.6 Å². The van der Waals surface area contributed by atoms with Gasteiger partial charge in [-0.25, -0.2) is 0 Å². The highest BCUT2D eigenvalue weighted by Gasteiger charge is 2.25. The Morgan fingerprint density at radius 1 is 0.554 bits per heavy atom. The molecule has 56 heavy (non-hydrogen) atoms. The van der Waals surface area contributed by atoms with Crippen molar-refractivity contribution < 1.29 is 38.2 Å². The van der Waals surface area contributed by atoms with Gasteiger partial charge in [0.05, 0.1) is 40.3 Å². The predicted molar refractivity (Wildman–Crippen MR) is 231 cm³/mol. The van der Waals surface area contributed by atoms with E-state index in [2.05, 4.69) is 62.5 Å². The van der Waals surface area contributed by atoms with E-state index in [4.69, 9.17) is 14.2 Å². The number of quaternary nitrogens is 1. The van der Waals surface area contributed by atoms with E-state index in [1.807, 2.05) is 0 Å². The van der Waals surface area contributed by atoms with Crippen LogP contribution in [0.5, 0.6) is 0 Å². The van der Waals surface area contributed by atoms with Gasteiger partial charge in [0.1, 0.15) is 12.6 Å². The molecule has 0 aliphatic carbocycles. The van der Waals surface area contributed by atoms with E-state index in [0.29, 0.717) is 12.8 Å². The van der Waals surface area contributed by atoms with Crippen LogP contribution in [0, 0.1) is 0 Å². The molecule has 0 amide bonds. The van der Waals surface area contributed by atoms with Gasteiger partial charge in [-0.15, -0.1) is 0 Å². The lowest BCUT2D eigenvalue weighted by molar-refractivity contribution is -0.889. The molecule has 0 heterocycles. The van der Waals surface area contributed by atoms with Gasteiger partial charge in [-0.2, -0.15) is 0 Å². The zero-order chi connectivity index (χ0) is 41.4. The predicted octanol–water partition coefficient (Wildman–Crippen LogP) is 11.1. The zero-order valence-corrected chi connectivity index (χ0v) is 36.8. The molecular weight excluding hydrogens is 703 g/mol. The van der Waals surface area contributed by atoms with Gasteiger partial charge in [-0.3, -0.25) is 9.59 Å². The molecule has 0 radical (unpaired) electrons. The van der Waals surface area contributed by atoms with Crippen LogP contribution in [0.25, 0.3) is 0 Å². The van der Waals surface area contributed by atoms with E-state index < -0.39 is 18.1 Å². The van der Waals surface area contributed by atoms with E-state index in [9.17, 15) is 19.5 Å². The number of allylic oxidation sites excluding steroid dienone is 8. The summed E-state index contributed by atoms with van der Waals surface area (Å²) in [5.41, 5.74) is 0. The third-order valence-corrected chi connectivity index (χ3v) is 9.95. The topological polar surface area (TPSA) is 102 Å². The number of hydrogen-bond donors (Lipinski definition) is 0. The molecule has 0 saturated carbocycles. The van der Waals surface area contributed by atoms with Crippen molar-refractivity contribution in [2.75, 3.05) is 41.0 Å². The lowest BCUT2D eigenvalue weighted by Gasteiger charge is -2.34. The monoisotopic (exact) mass is 788 g/mol. The van der Waals surface area contributed by atoms with Gasteiger partial charge in [-0.05, 0) is 70.6 Å². The lowest BCUT2D eigenvalue weighted by atomic mass is 10.1. The molecule has 8 heteroatoms. The second-order valence-electron chi connectivity index (χ2n) is 16.3. The number of rotatable bonds is 40. The number of aliphatic carboxylic acids is 1. The number of unbranched alkanes of at least 4 members (excludes halogenated alkanes) is 18. The van der Waals surface area contributed by atoms with Crippen LogP contribution in [0.3, 0.4) is 0 Å². The smallest absolute Gasteiger partial charge is 0.306 e. The molecule has 0 fully saturated rings. The average Bonchev–Trinajstić information content (AvgIpc) is 3.15. The third kappa shape index (κ3) is 36.9. The number of esters is 2. The number of hydrogen-bond acceptors (Lipinski definition) is 7. The van der Waals surface area contributed by atoms with Crippen LogP contribution in [-0.2, 0) is 28.6 Å². The Bertz CT molecular complexity index is 1060. The number of ether oxygens (including phenoxy) is 3. The maximum Gasteiger partial charge on any atom is 0.306 e. The molecule has 0 rings (SSSR count). The maximum absolute atomic E-state index is 12.7. The van der Waals surface area contributed by atoms with Crippen molar-refractivity contribution in [1.82, 2.24) is 0 Å². The van der Waals surface area contributed by atoms with Crippen molar-refractivity contribution in [3.8, 4) is 0 Å². The largest absolute Gasteiger partial charge is 0.544 e. The summed E-state index contributed by atoms with van der Waals surface area (Å²) in [6.07, 6.45) is 45.6. The number of likely N-dealkylation sites (N-methyl/N-ethyl adjacent to an activating group) is 1. The van der Waals surface area contributed by atoms with Crippen molar-refractivity contribution in [3.63, 3.8) is 0 Å². The average molecular weight is 788 g/mol. The fourth-order valence-corrected chi connectivity index (χ4v) is 6.43. The number of carbonyl (C=O) groups is 3. The molecule has 0 aliphatic rings. The third-order valence-electron chi connectivity index (χ3n) is 9.95. The fraction of sp³-hybridized carbons (Fsp3) is 0.771. The quantitative estimate of drug-likeness (QED) is 0.0264. The standard InChI is InChI=1S/C48H85NO7/c1-6-8-10-12-14-16-18-20-22-24-26-28-30-32-34-36-38-46(50)55-43-44(42-54-41-40-45(48(52)53)49(3,4)5)56-47(51)39-37-35-33-31-29-27-25-23-21-19-17-15-13-11-9-7-2/h9,11,15,17,21-24,44-45H,6-8,10,12-14,16,18-20,25-43H2,1-5H3/b11-9+,17-15+,23-21+,24-22+. The molecule has 2 unspecified atom stereocenters. The Hall–Kier alpha value is -2.71. The first-order valence-corrected chi connectivity index (χ1v) is 22.7. The van der Waals surface area contributed by atoms with Gasteiger partial charge in [-0.1, -0.05) is 146 Å². The zero-order valence-electron chi connectivity index (χ0n) is 36.8. The normalized spacial score (nSPS) is 13.4. The fourth-order valence-electron chi connectivity index (χ4n) is 6.43. The van der Waals surface area contributed by atoms with Crippen LogP contribution in [0.15, 0.2) is 48.6 Å². The summed E-state index contributed by atoms with van der Waals surface area (Å²) in [7, 11) is 5.40. The second-order valence-corrected chi connectivity index (χ2v) is 16.3. The van der Waals surface area contributed by atoms with E-state index in [1.54, 1.807) is 21.1 Å². The lowest BCUT2D eigenvalue weighted by Crippen LogP contribution is -2.55. The molecule has 0 aromatic heterocycles. The van der Waals surface area contributed by atoms with Gasteiger partial charge in [0.15, 0.2) is 6.10 Å². The van der Waals surface area contributed by atoms with Crippen LogP contribution >= 0.6 is 0 Å². The molecular formula is C48H85NO7. The summed E-state index contributed by atoms with van der Waals surface area (Å²) in [5.74, 6) is -1.76. The molecule has 8 nitrogen and oxygen atoms in total. The molecule has 0 aromatic rings. The van der Waals surface area contributed by atoms with Gasteiger partial charge >= 0.3 is 11.9 Å². The molecule has 0 aliphatic heterocycles. The first-order chi connectivity index (χ1) is 27.1. The number of carboxylic acids is 1. The Labute approximate surface area is 344 Å². The maximum atomic E-state index is 12.7. The van der Waals surface area contributed by atoms with Gasteiger partial charge in [0.2, 0.25) is 0 Å². The highest BCUT2D eigenvalue weighted by atomic mass is 16.6. The Morgan fingerprint density at radius 2 is 1.00 bits per heavy atom. The Kier molecular flexibility index (Phi) is 37.2. The SMILES string of the molecule is CC/C=C/C/C=C/C/C=C/CCCCCCCCC(=O)OC(COCCC(C(=O)[O-])[N+](C)(C)C)COC(=O)CCCCCCC/C=C/CCCCCCCCC. The van der Waals surface area contributed by atoms with Crippen LogP contribution < -0.4 is 5.11 Å². The van der Waals surface area contributed by atoms with Crippen LogP contribution in [0.1, 0.15) is 187 Å². The highest BCUT2D eigenvalue weighted by molar-refractivity contribution is 5.70. The van der Waals surface area contributed by atoms with Gasteiger partial charge in [0.25, 0.3) is 0 Å². The van der Waals surface area contributed by atoms with Crippen LogP contribution in [0.4, 0.5) is 0 Å².